The molecule has 0 bridgehead atoms. The highest BCUT2D eigenvalue weighted by Crippen LogP contribution is 2.31. The van der Waals surface area contributed by atoms with E-state index in [1.807, 2.05) is 6.92 Å². The van der Waals surface area contributed by atoms with E-state index in [2.05, 4.69) is 10.6 Å². The molecule has 1 heterocycles. The monoisotopic (exact) mass is 329 g/mol. The molecule has 1 fully saturated rings. The van der Waals surface area contributed by atoms with Crippen molar-refractivity contribution in [1.29, 1.82) is 0 Å². The number of benzene rings is 1. The Balaban J connectivity index is 2.02. The number of hydrogen-bond donors (Lipinski definition) is 2. The van der Waals surface area contributed by atoms with Crippen LogP contribution in [0.3, 0.4) is 0 Å². The van der Waals surface area contributed by atoms with Crippen molar-refractivity contribution in [3.05, 3.63) is 35.4 Å². The number of nitrogens with one attached hydrogen (secondary N) is 2. The van der Waals surface area contributed by atoms with E-state index >= 15 is 0 Å². The number of carbonyl (C=O) groups is 2. The second kappa shape index (κ2) is 6.99. The van der Waals surface area contributed by atoms with E-state index in [0.717, 1.165) is 12.1 Å². The predicted molar refractivity (Wildman–Crippen MR) is 77.8 cm³/mol. The van der Waals surface area contributed by atoms with Gasteiger partial charge in [0.25, 0.3) is 5.91 Å². The Hall–Kier alpha value is -2.09. The van der Waals surface area contributed by atoms with Gasteiger partial charge in [0, 0.05) is 25.7 Å². The molecule has 8 heteroatoms. The van der Waals surface area contributed by atoms with Crippen LogP contribution in [-0.4, -0.2) is 48.9 Å². The number of nitrogens with zero attached hydrogens (tertiary/aromatic N) is 1. The molecular formula is C15H18F3N3O2. The van der Waals surface area contributed by atoms with Crippen molar-refractivity contribution in [1.82, 2.24) is 15.5 Å². The molecule has 0 radical (unpaired) electrons. The molecule has 2 amide bonds. The van der Waals surface area contributed by atoms with Crippen LogP contribution in [0.4, 0.5) is 13.2 Å². The minimum Gasteiger partial charge on any atom is -0.343 e. The first-order valence-electron chi connectivity index (χ1n) is 7.25. The number of rotatable bonds is 3. The second-order valence-electron chi connectivity index (χ2n) is 5.37. The summed E-state index contributed by atoms with van der Waals surface area (Å²) in [7, 11) is 0. The maximum absolute atomic E-state index is 12.9. The van der Waals surface area contributed by atoms with Gasteiger partial charge in [-0.3, -0.25) is 9.59 Å². The van der Waals surface area contributed by atoms with Crippen molar-refractivity contribution in [3.8, 4) is 0 Å². The molecule has 1 saturated heterocycles. The average molecular weight is 329 g/mol. The summed E-state index contributed by atoms with van der Waals surface area (Å²) in [5.41, 5.74) is -1.50. The lowest BCUT2D eigenvalue weighted by atomic mass is 10.1. The lowest BCUT2D eigenvalue weighted by Gasteiger charge is -2.34. The van der Waals surface area contributed by atoms with Crippen molar-refractivity contribution in [2.45, 2.75) is 19.1 Å². The van der Waals surface area contributed by atoms with Crippen LogP contribution in [-0.2, 0) is 11.0 Å². The lowest BCUT2D eigenvalue weighted by molar-refractivity contribution is -0.137. The zero-order valence-corrected chi connectivity index (χ0v) is 12.6. The van der Waals surface area contributed by atoms with E-state index in [0.29, 0.717) is 19.6 Å². The largest absolute Gasteiger partial charge is 0.417 e. The third kappa shape index (κ3) is 4.22. The van der Waals surface area contributed by atoms with Crippen LogP contribution in [0.5, 0.6) is 0 Å². The molecule has 1 unspecified atom stereocenters. The van der Waals surface area contributed by atoms with Crippen LogP contribution in [0.1, 0.15) is 22.8 Å². The summed E-state index contributed by atoms with van der Waals surface area (Å²) < 4.78 is 38.7. The molecule has 0 aliphatic carbocycles. The van der Waals surface area contributed by atoms with Crippen LogP contribution in [0.25, 0.3) is 0 Å². The smallest absolute Gasteiger partial charge is 0.343 e. The Bertz CT molecular complexity index is 590. The number of amides is 2. The van der Waals surface area contributed by atoms with Crippen LogP contribution in [0.15, 0.2) is 24.3 Å². The van der Waals surface area contributed by atoms with E-state index in [4.69, 9.17) is 0 Å². The Labute approximate surface area is 131 Å². The standard InChI is InChI=1S/C15H18F3N3O2/c1-10-8-19-6-7-21(10)13(22)9-20-14(23)11-4-2-3-5-12(11)15(16,17)18/h2-5,10,19H,6-9H2,1H3,(H,20,23). The van der Waals surface area contributed by atoms with Crippen LogP contribution in [0.2, 0.25) is 0 Å². The fraction of sp³-hybridized carbons (Fsp3) is 0.467. The maximum atomic E-state index is 12.9. The quantitative estimate of drug-likeness (QED) is 0.878. The number of carbonyl (C=O) groups excluding carboxylic acids is 2. The predicted octanol–water partition coefficient (Wildman–Crippen LogP) is 1.26. The molecule has 2 rings (SSSR count). The van der Waals surface area contributed by atoms with Crippen molar-refractivity contribution in [2.24, 2.45) is 0 Å². The molecule has 0 aromatic heterocycles. The second-order valence-corrected chi connectivity index (χ2v) is 5.37. The number of piperazine rings is 1. The lowest BCUT2D eigenvalue weighted by Crippen LogP contribution is -2.54. The van der Waals surface area contributed by atoms with Gasteiger partial charge in [-0.25, -0.2) is 0 Å². The van der Waals surface area contributed by atoms with E-state index in [1.54, 1.807) is 4.90 Å². The van der Waals surface area contributed by atoms with Crippen LogP contribution < -0.4 is 10.6 Å². The Morgan fingerprint density at radius 3 is 2.70 bits per heavy atom. The molecule has 0 saturated carbocycles. The molecule has 0 spiro atoms. The topological polar surface area (TPSA) is 61.4 Å². The van der Waals surface area contributed by atoms with E-state index in [-0.39, 0.29) is 18.5 Å². The van der Waals surface area contributed by atoms with Gasteiger partial charge in [0.05, 0.1) is 17.7 Å². The third-order valence-electron chi connectivity index (χ3n) is 3.70. The fourth-order valence-electron chi connectivity index (χ4n) is 2.49. The maximum Gasteiger partial charge on any atom is 0.417 e. The van der Waals surface area contributed by atoms with Crippen LogP contribution >= 0.6 is 0 Å². The first-order chi connectivity index (χ1) is 10.8. The summed E-state index contributed by atoms with van der Waals surface area (Å²) >= 11 is 0. The van der Waals surface area contributed by atoms with Gasteiger partial charge in [-0.2, -0.15) is 13.2 Å². The minimum atomic E-state index is -4.62. The van der Waals surface area contributed by atoms with Gasteiger partial charge in [0.2, 0.25) is 5.91 Å². The van der Waals surface area contributed by atoms with E-state index in [9.17, 15) is 22.8 Å². The highest BCUT2D eigenvalue weighted by Gasteiger charge is 2.35. The molecule has 1 aliphatic heterocycles. The van der Waals surface area contributed by atoms with Crippen molar-refractivity contribution < 1.29 is 22.8 Å². The molecule has 23 heavy (non-hydrogen) atoms. The highest BCUT2D eigenvalue weighted by molar-refractivity contribution is 5.97. The molecule has 5 nitrogen and oxygen atoms in total. The molecule has 1 aromatic rings. The minimum absolute atomic E-state index is 0.0180. The summed E-state index contributed by atoms with van der Waals surface area (Å²) in [6.45, 7) is 3.35. The Morgan fingerprint density at radius 1 is 1.35 bits per heavy atom. The van der Waals surface area contributed by atoms with Crippen molar-refractivity contribution in [2.75, 3.05) is 26.2 Å². The summed E-state index contributed by atoms with van der Waals surface area (Å²) in [4.78, 5) is 25.7. The van der Waals surface area contributed by atoms with Gasteiger partial charge >= 0.3 is 6.18 Å². The highest BCUT2D eigenvalue weighted by atomic mass is 19.4. The Morgan fingerprint density at radius 2 is 2.04 bits per heavy atom. The van der Waals surface area contributed by atoms with Crippen molar-refractivity contribution in [3.63, 3.8) is 0 Å². The molecule has 126 valence electrons. The van der Waals surface area contributed by atoms with Crippen molar-refractivity contribution >= 4 is 11.8 Å². The molecule has 1 aliphatic rings. The van der Waals surface area contributed by atoms with Gasteiger partial charge in [0.1, 0.15) is 0 Å². The molecular weight excluding hydrogens is 311 g/mol. The molecule has 1 aromatic carbocycles. The number of alkyl halides is 3. The summed E-state index contributed by atoms with van der Waals surface area (Å²) in [5, 5.41) is 5.41. The molecule has 2 N–H and O–H groups in total. The number of halogens is 3. The SMILES string of the molecule is CC1CNCCN1C(=O)CNC(=O)c1ccccc1C(F)(F)F. The first kappa shape index (κ1) is 17.3. The average Bonchev–Trinajstić information content (AvgIpc) is 2.52. The first-order valence-corrected chi connectivity index (χ1v) is 7.25. The third-order valence-corrected chi connectivity index (χ3v) is 3.70. The van der Waals surface area contributed by atoms with E-state index < -0.39 is 23.2 Å². The van der Waals surface area contributed by atoms with Gasteiger partial charge < -0.3 is 15.5 Å². The number of hydrogen-bond acceptors (Lipinski definition) is 3. The van der Waals surface area contributed by atoms with Gasteiger partial charge in [-0.15, -0.1) is 0 Å². The van der Waals surface area contributed by atoms with Gasteiger partial charge in [-0.1, -0.05) is 12.1 Å². The van der Waals surface area contributed by atoms with E-state index in [1.165, 1.54) is 12.1 Å². The molecule has 1 atom stereocenters. The van der Waals surface area contributed by atoms with Gasteiger partial charge in [0.15, 0.2) is 0 Å². The van der Waals surface area contributed by atoms with Crippen LogP contribution in [0, 0.1) is 0 Å². The summed E-state index contributed by atoms with van der Waals surface area (Å²) in [6, 6.07) is 4.48. The Kier molecular flexibility index (Phi) is 5.25. The fourth-order valence-corrected chi connectivity index (χ4v) is 2.49. The normalized spacial score (nSPS) is 18.6. The van der Waals surface area contributed by atoms with Gasteiger partial charge in [-0.05, 0) is 19.1 Å². The summed E-state index contributed by atoms with van der Waals surface area (Å²) in [5.74, 6) is -1.22. The zero-order valence-electron chi connectivity index (χ0n) is 12.6. The summed E-state index contributed by atoms with van der Waals surface area (Å²) in [6.07, 6.45) is -4.62. The zero-order chi connectivity index (χ0) is 17.0.